The molecular formula is C24H18BF5N6O2. The van der Waals surface area contributed by atoms with Gasteiger partial charge in [0, 0.05) is 30.8 Å². The van der Waals surface area contributed by atoms with Gasteiger partial charge in [-0.1, -0.05) is 0 Å². The molecule has 0 bridgehead atoms. The van der Waals surface area contributed by atoms with Crippen molar-refractivity contribution in [1.29, 1.82) is 0 Å². The number of halogens is 5. The first kappa shape index (κ1) is 25.2. The fourth-order valence-corrected chi connectivity index (χ4v) is 4.34. The van der Waals surface area contributed by atoms with Crippen LogP contribution in [0.15, 0.2) is 42.6 Å². The van der Waals surface area contributed by atoms with Crippen molar-refractivity contribution in [3.05, 3.63) is 71.7 Å². The molecule has 38 heavy (non-hydrogen) atoms. The third-order valence-corrected chi connectivity index (χ3v) is 6.14. The number of rotatable bonds is 5. The van der Waals surface area contributed by atoms with Crippen LogP contribution >= 0.6 is 0 Å². The second-order valence-corrected chi connectivity index (χ2v) is 8.52. The highest BCUT2D eigenvalue weighted by Crippen LogP contribution is 2.37. The molecule has 0 spiro atoms. The Hall–Kier alpha value is -4.49. The van der Waals surface area contributed by atoms with Crippen molar-refractivity contribution in [2.24, 2.45) is 0 Å². The zero-order valence-electron chi connectivity index (χ0n) is 19.8. The van der Waals surface area contributed by atoms with Crippen LogP contribution in [0.25, 0.3) is 22.3 Å². The molecule has 1 atom stereocenters. The van der Waals surface area contributed by atoms with Crippen molar-refractivity contribution in [3.63, 3.8) is 0 Å². The quantitative estimate of drug-likeness (QED) is 0.184. The molecule has 14 heteroatoms. The Bertz CT molecular complexity index is 1590. The van der Waals surface area contributed by atoms with Crippen LogP contribution in [-0.2, 0) is 4.79 Å². The number of nitrogen functional groups attached to an aromatic ring is 1. The van der Waals surface area contributed by atoms with Gasteiger partial charge in [-0.2, -0.15) is 13.9 Å². The Kier molecular flexibility index (Phi) is 6.47. The zero-order valence-corrected chi connectivity index (χ0v) is 19.8. The van der Waals surface area contributed by atoms with Crippen LogP contribution in [0.5, 0.6) is 11.5 Å². The normalized spacial score (nSPS) is 15.6. The maximum Gasteiger partial charge on any atom is 0.245 e. The Morgan fingerprint density at radius 3 is 2.50 bits per heavy atom. The lowest BCUT2D eigenvalue weighted by Gasteiger charge is -2.15. The van der Waals surface area contributed by atoms with Crippen LogP contribution in [0.3, 0.4) is 0 Å². The van der Waals surface area contributed by atoms with E-state index in [2.05, 4.69) is 15.1 Å². The van der Waals surface area contributed by atoms with E-state index in [9.17, 15) is 22.4 Å². The van der Waals surface area contributed by atoms with Crippen LogP contribution in [0.1, 0.15) is 12.5 Å². The summed E-state index contributed by atoms with van der Waals surface area (Å²) in [6.07, 6.45) is 3.27. The molecule has 4 aromatic rings. The highest BCUT2D eigenvalue weighted by Gasteiger charge is 2.31. The monoisotopic (exact) mass is 528 g/mol. The van der Waals surface area contributed by atoms with E-state index >= 15 is 4.39 Å². The molecule has 0 unspecified atom stereocenters. The highest BCUT2D eigenvalue weighted by atomic mass is 19.2. The molecule has 1 aliphatic heterocycles. The molecule has 2 aromatic heterocycles. The van der Waals surface area contributed by atoms with Crippen molar-refractivity contribution in [3.8, 4) is 22.8 Å². The highest BCUT2D eigenvalue weighted by molar-refractivity contribution is 6.19. The van der Waals surface area contributed by atoms with Crippen molar-refractivity contribution < 1.29 is 31.5 Å². The lowest BCUT2D eigenvalue weighted by Crippen LogP contribution is -2.27. The van der Waals surface area contributed by atoms with E-state index in [1.165, 1.54) is 18.5 Å². The van der Waals surface area contributed by atoms with Gasteiger partial charge >= 0.3 is 0 Å². The Morgan fingerprint density at radius 1 is 1.08 bits per heavy atom. The van der Waals surface area contributed by atoms with Crippen molar-refractivity contribution in [1.82, 2.24) is 24.6 Å². The fraction of sp³-hybridized carbons (Fsp3) is 0.167. The predicted octanol–water partition coefficient (Wildman–Crippen LogP) is 3.48. The molecule has 1 fully saturated rings. The van der Waals surface area contributed by atoms with Crippen LogP contribution in [-0.4, -0.2) is 51.5 Å². The van der Waals surface area contributed by atoms with Gasteiger partial charge in [0.15, 0.2) is 17.3 Å². The van der Waals surface area contributed by atoms with Gasteiger partial charge in [0.05, 0.1) is 11.4 Å². The Morgan fingerprint density at radius 2 is 1.82 bits per heavy atom. The Labute approximate surface area is 212 Å². The van der Waals surface area contributed by atoms with Crippen LogP contribution < -0.4 is 10.5 Å². The summed E-state index contributed by atoms with van der Waals surface area (Å²) in [5.74, 6) is -8.01. The third-order valence-electron chi connectivity index (χ3n) is 6.14. The summed E-state index contributed by atoms with van der Waals surface area (Å²) < 4.78 is 76.8. The number of fused-ring (bicyclic) bond motifs is 1. The maximum atomic E-state index is 15.3. The van der Waals surface area contributed by atoms with Gasteiger partial charge in [-0.25, -0.2) is 27.8 Å². The van der Waals surface area contributed by atoms with Gasteiger partial charge in [0.25, 0.3) is 0 Å². The molecule has 1 saturated heterocycles. The van der Waals surface area contributed by atoms with Gasteiger partial charge < -0.3 is 15.4 Å². The van der Waals surface area contributed by atoms with Crippen molar-refractivity contribution in [2.45, 2.75) is 12.5 Å². The van der Waals surface area contributed by atoms with Gasteiger partial charge in [-0.05, 0) is 24.6 Å². The standard InChI is InChI=1S/C24H18BF5N6O2/c25-5-3-17(37)35-6-4-11(9-35)36-24-18(23(31)32-10-33-24)21(34-36)13-2-1-12(7-14(13)26)38-22-19(29)15(27)8-16(28)20(22)30/h1-3,5,7-8,10-11H,4,6,9,25H2,(H2,31,32,33)/b5-3+/t11-/m1/s1. The van der Waals surface area contributed by atoms with Gasteiger partial charge in [0.1, 0.15) is 37.3 Å². The van der Waals surface area contributed by atoms with E-state index in [0.717, 1.165) is 12.1 Å². The number of aromatic nitrogens is 4. The smallest absolute Gasteiger partial charge is 0.245 e. The number of amides is 1. The minimum Gasteiger partial charge on any atom is -0.451 e. The molecule has 0 saturated carbocycles. The van der Waals surface area contributed by atoms with Gasteiger partial charge in [-0.3, -0.25) is 4.79 Å². The van der Waals surface area contributed by atoms with Crippen LogP contribution in [0.2, 0.25) is 0 Å². The number of benzene rings is 2. The summed E-state index contributed by atoms with van der Waals surface area (Å²) in [7, 11) is 1.74. The lowest BCUT2D eigenvalue weighted by molar-refractivity contribution is -0.125. The number of hydrogen-bond acceptors (Lipinski definition) is 6. The van der Waals surface area contributed by atoms with E-state index in [1.54, 1.807) is 23.4 Å². The molecule has 2 N–H and O–H groups in total. The number of anilines is 1. The van der Waals surface area contributed by atoms with E-state index in [-0.39, 0.29) is 40.5 Å². The molecule has 1 amide bonds. The first-order valence-corrected chi connectivity index (χ1v) is 11.4. The summed E-state index contributed by atoms with van der Waals surface area (Å²) in [6.45, 7) is 0.833. The number of carbonyl (C=O) groups excluding carboxylic acids is 1. The maximum absolute atomic E-state index is 15.3. The van der Waals surface area contributed by atoms with E-state index < -0.39 is 40.6 Å². The molecule has 3 heterocycles. The Balaban J connectivity index is 1.52. The number of hydrogen-bond donors (Lipinski definition) is 1. The molecule has 1 aliphatic rings. The SMILES string of the molecule is B/C=C/C(=O)N1CC[C@@H](n2nc(-c3ccc(Oc4c(F)c(F)cc(F)c4F)cc3F)c3c(N)ncnc32)C1. The first-order chi connectivity index (χ1) is 18.2. The molecule has 194 valence electrons. The summed E-state index contributed by atoms with van der Waals surface area (Å²) in [4.78, 5) is 22.2. The summed E-state index contributed by atoms with van der Waals surface area (Å²) in [6, 6.07) is 2.92. The lowest BCUT2D eigenvalue weighted by atomic mass is 10.1. The zero-order chi connectivity index (χ0) is 27.1. The topological polar surface area (TPSA) is 99.2 Å². The minimum absolute atomic E-state index is 0.0368. The summed E-state index contributed by atoms with van der Waals surface area (Å²) in [5.41, 5.74) is 6.45. The number of likely N-dealkylation sites (tertiary alicyclic amines) is 1. The first-order valence-electron chi connectivity index (χ1n) is 11.4. The molecule has 0 aliphatic carbocycles. The minimum atomic E-state index is -1.76. The molecule has 5 rings (SSSR count). The second kappa shape index (κ2) is 9.76. The molecular weight excluding hydrogens is 510 g/mol. The number of ether oxygens (including phenoxy) is 1. The number of nitrogens with zero attached hydrogens (tertiary/aromatic N) is 5. The molecule has 8 nitrogen and oxygen atoms in total. The van der Waals surface area contributed by atoms with Crippen molar-refractivity contribution >= 4 is 30.6 Å². The third kappa shape index (κ3) is 4.31. The van der Waals surface area contributed by atoms with Gasteiger partial charge in [0.2, 0.25) is 23.3 Å². The van der Waals surface area contributed by atoms with Gasteiger partial charge in [-0.15, -0.1) is 5.98 Å². The van der Waals surface area contributed by atoms with E-state index in [0.29, 0.717) is 25.2 Å². The molecule has 2 aromatic carbocycles. The number of carbonyl (C=O) groups is 1. The molecule has 0 radical (unpaired) electrons. The fourth-order valence-electron chi connectivity index (χ4n) is 4.34. The largest absolute Gasteiger partial charge is 0.451 e. The van der Waals surface area contributed by atoms with Crippen LogP contribution in [0, 0.1) is 29.1 Å². The van der Waals surface area contributed by atoms with Crippen molar-refractivity contribution in [2.75, 3.05) is 18.8 Å². The summed E-state index contributed by atoms with van der Waals surface area (Å²) in [5, 5.41) is 4.81. The summed E-state index contributed by atoms with van der Waals surface area (Å²) >= 11 is 0. The average Bonchev–Trinajstić information content (AvgIpc) is 3.52. The van der Waals surface area contributed by atoms with Crippen LogP contribution in [0.4, 0.5) is 27.8 Å². The number of nitrogens with two attached hydrogens (primary N) is 1. The second-order valence-electron chi connectivity index (χ2n) is 8.52. The average molecular weight is 528 g/mol. The predicted molar refractivity (Wildman–Crippen MR) is 129 cm³/mol. The van der Waals surface area contributed by atoms with E-state index in [4.69, 9.17) is 10.5 Å². The van der Waals surface area contributed by atoms with E-state index in [1.807, 2.05) is 0 Å².